The first-order valence-electron chi connectivity index (χ1n) is 4.88. The number of aliphatic carboxylic acids is 2. The summed E-state index contributed by atoms with van der Waals surface area (Å²) in [6.45, 7) is 3.11. The van der Waals surface area contributed by atoms with Gasteiger partial charge in [-0.3, -0.25) is 0 Å². The van der Waals surface area contributed by atoms with Crippen molar-refractivity contribution in [3.8, 4) is 0 Å². The fourth-order valence-corrected chi connectivity index (χ4v) is 0.873. The molecule has 0 unspecified atom stereocenters. The quantitative estimate of drug-likeness (QED) is 0.463. The van der Waals surface area contributed by atoms with E-state index >= 15 is 0 Å². The van der Waals surface area contributed by atoms with E-state index in [0.717, 1.165) is 26.2 Å². The summed E-state index contributed by atoms with van der Waals surface area (Å²) in [6.07, 6.45) is 5.61. The zero-order valence-corrected chi connectivity index (χ0v) is 11.8. The molecule has 0 aliphatic carbocycles. The van der Waals surface area contributed by atoms with Crippen LogP contribution >= 0.6 is 0 Å². The van der Waals surface area contributed by atoms with Crippen molar-refractivity contribution in [2.75, 3.05) is 0 Å². The van der Waals surface area contributed by atoms with Crippen molar-refractivity contribution >= 4 is 49.7 Å². The average Bonchev–Trinajstić information content (AvgIpc) is 2.02. The van der Waals surface area contributed by atoms with Gasteiger partial charge in [0.25, 0.3) is 0 Å². The summed E-state index contributed by atoms with van der Waals surface area (Å²) in [4.78, 5) is 18.8. The molecule has 15 heavy (non-hydrogen) atoms. The molecule has 0 aromatic carbocycles. The molecule has 0 N–H and O–H groups in total. The van der Waals surface area contributed by atoms with Crippen LogP contribution in [0.1, 0.15) is 52.4 Å². The molecule has 0 aromatic rings. The number of rotatable bonds is 6. The smallest absolute Gasteiger partial charge is 0.550 e. The molecular weight excluding hydrogens is 224 g/mol. The van der Waals surface area contributed by atoms with Crippen LogP contribution in [-0.4, -0.2) is 49.7 Å². The number of carboxylic acid groups (broad SMARTS) is 2. The Bertz CT molecular complexity index is 156. The van der Waals surface area contributed by atoms with Crippen molar-refractivity contribution in [2.45, 2.75) is 52.4 Å². The van der Waals surface area contributed by atoms with E-state index < -0.39 is 11.9 Å². The van der Waals surface area contributed by atoms with E-state index in [1.54, 1.807) is 0 Å². The monoisotopic (exact) mass is 242 g/mol. The van der Waals surface area contributed by atoms with E-state index in [-0.39, 0.29) is 44.2 Å². The summed E-state index contributed by atoms with van der Waals surface area (Å²) in [6, 6.07) is 0. The predicted molar refractivity (Wildman–Crippen MR) is 54.8 cm³/mol. The van der Waals surface area contributed by atoms with Crippen molar-refractivity contribution in [1.29, 1.82) is 0 Å². The Morgan fingerprint density at radius 3 is 1.73 bits per heavy atom. The topological polar surface area (TPSA) is 80.3 Å². The normalized spacial score (nSPS) is 8.13. The Balaban J connectivity index is -0.000000249. The largest absolute Gasteiger partial charge is 2.00 e. The SMILES string of the molecule is CC(=O)[O-].CCCCCCCC(=O)[O-].[Ca+2]. The first-order chi connectivity index (χ1) is 6.50. The standard InChI is InChI=1S/C8H16O2.C2H4O2.Ca/c1-2-3-4-5-6-7-8(9)10;1-2(3)4;/h2-7H2,1H3,(H,9,10);1H3,(H,3,4);/q;;+2/p-2. The van der Waals surface area contributed by atoms with Crippen molar-refractivity contribution < 1.29 is 19.8 Å². The molecule has 4 nitrogen and oxygen atoms in total. The number of carbonyl (C=O) groups is 2. The molecule has 0 spiro atoms. The summed E-state index contributed by atoms with van der Waals surface area (Å²) in [5, 5.41) is 18.8. The van der Waals surface area contributed by atoms with E-state index in [4.69, 9.17) is 9.90 Å². The molecule has 0 saturated heterocycles. The van der Waals surface area contributed by atoms with Crippen molar-refractivity contribution in [3.05, 3.63) is 0 Å². The predicted octanol–water partition coefficient (Wildman–Crippen LogP) is -0.528. The number of hydrogen-bond acceptors (Lipinski definition) is 4. The van der Waals surface area contributed by atoms with Gasteiger partial charge in [-0.25, -0.2) is 0 Å². The number of carbonyl (C=O) groups excluding carboxylic acids is 2. The average molecular weight is 242 g/mol. The van der Waals surface area contributed by atoms with Gasteiger partial charge in [-0.15, -0.1) is 0 Å². The van der Waals surface area contributed by atoms with Gasteiger partial charge in [0.15, 0.2) is 0 Å². The third-order valence-corrected chi connectivity index (χ3v) is 1.48. The van der Waals surface area contributed by atoms with Crippen molar-refractivity contribution in [3.63, 3.8) is 0 Å². The van der Waals surface area contributed by atoms with Crippen LogP contribution in [0.2, 0.25) is 0 Å². The fraction of sp³-hybridized carbons (Fsp3) is 0.800. The molecule has 0 atom stereocenters. The first kappa shape index (κ1) is 20.6. The summed E-state index contributed by atoms with van der Waals surface area (Å²) in [5.41, 5.74) is 0. The summed E-state index contributed by atoms with van der Waals surface area (Å²) in [7, 11) is 0. The van der Waals surface area contributed by atoms with Gasteiger partial charge in [0.1, 0.15) is 0 Å². The Kier molecular flexibility index (Phi) is 22.8. The van der Waals surface area contributed by atoms with Crippen LogP contribution in [0.5, 0.6) is 0 Å². The maximum absolute atomic E-state index is 9.92. The van der Waals surface area contributed by atoms with Crippen LogP contribution in [0.25, 0.3) is 0 Å². The van der Waals surface area contributed by atoms with Crippen LogP contribution in [-0.2, 0) is 9.59 Å². The Labute approximate surface area is 121 Å². The molecular formula is C10H18CaO4. The van der Waals surface area contributed by atoms with E-state index in [9.17, 15) is 9.90 Å². The molecule has 84 valence electrons. The third-order valence-electron chi connectivity index (χ3n) is 1.48. The zero-order valence-electron chi connectivity index (χ0n) is 9.58. The molecule has 0 aliphatic heterocycles. The Hall–Kier alpha value is 0.200. The van der Waals surface area contributed by atoms with Gasteiger partial charge in [-0.05, 0) is 19.8 Å². The summed E-state index contributed by atoms with van der Waals surface area (Å²) in [5.74, 6) is -2.00. The number of unbranched alkanes of at least 4 members (excludes halogenated alkanes) is 4. The maximum atomic E-state index is 9.92. The minimum atomic E-state index is -1.08. The number of carboxylic acids is 2. The zero-order chi connectivity index (χ0) is 11.4. The van der Waals surface area contributed by atoms with Crippen LogP contribution in [0.15, 0.2) is 0 Å². The van der Waals surface area contributed by atoms with Gasteiger partial charge in [-0.1, -0.05) is 32.6 Å². The molecule has 0 fully saturated rings. The van der Waals surface area contributed by atoms with E-state index in [0.29, 0.717) is 0 Å². The van der Waals surface area contributed by atoms with E-state index in [1.807, 2.05) is 0 Å². The minimum absolute atomic E-state index is 0. The van der Waals surface area contributed by atoms with E-state index in [2.05, 4.69) is 6.92 Å². The summed E-state index contributed by atoms with van der Waals surface area (Å²) < 4.78 is 0. The van der Waals surface area contributed by atoms with Gasteiger partial charge in [0, 0.05) is 11.9 Å². The van der Waals surface area contributed by atoms with Gasteiger partial charge < -0.3 is 19.8 Å². The van der Waals surface area contributed by atoms with Crippen molar-refractivity contribution in [1.82, 2.24) is 0 Å². The van der Waals surface area contributed by atoms with Gasteiger partial charge in [0.05, 0.1) is 0 Å². The summed E-state index contributed by atoms with van der Waals surface area (Å²) >= 11 is 0. The molecule has 0 bridgehead atoms. The number of hydrogen-bond donors (Lipinski definition) is 0. The Morgan fingerprint density at radius 2 is 1.40 bits per heavy atom. The van der Waals surface area contributed by atoms with Gasteiger partial charge in [-0.2, -0.15) is 0 Å². The van der Waals surface area contributed by atoms with E-state index in [1.165, 1.54) is 12.8 Å². The van der Waals surface area contributed by atoms with Crippen molar-refractivity contribution in [2.24, 2.45) is 0 Å². The first-order valence-corrected chi connectivity index (χ1v) is 4.88. The molecule has 0 amide bonds. The third kappa shape index (κ3) is 40.8. The maximum Gasteiger partial charge on any atom is 2.00 e. The van der Waals surface area contributed by atoms with Crippen LogP contribution in [0.3, 0.4) is 0 Å². The molecule has 0 saturated carbocycles. The molecule has 0 aromatic heterocycles. The molecule has 0 radical (unpaired) electrons. The molecule has 0 rings (SSSR count). The molecule has 0 heterocycles. The fourth-order valence-electron chi connectivity index (χ4n) is 0.873. The second kappa shape index (κ2) is 16.6. The minimum Gasteiger partial charge on any atom is -0.550 e. The molecule has 0 aliphatic rings. The Morgan fingerprint density at radius 1 is 1.00 bits per heavy atom. The van der Waals surface area contributed by atoms with Crippen LogP contribution in [0.4, 0.5) is 0 Å². The van der Waals surface area contributed by atoms with Crippen LogP contribution in [0, 0.1) is 0 Å². The molecule has 5 heteroatoms. The second-order valence-corrected chi connectivity index (χ2v) is 3.03. The van der Waals surface area contributed by atoms with Gasteiger partial charge >= 0.3 is 37.7 Å². The van der Waals surface area contributed by atoms with Crippen LogP contribution < -0.4 is 10.2 Å². The van der Waals surface area contributed by atoms with Gasteiger partial charge in [0.2, 0.25) is 0 Å². The second-order valence-electron chi connectivity index (χ2n) is 3.03.